The fourth-order valence-corrected chi connectivity index (χ4v) is 2.43. The van der Waals surface area contributed by atoms with Gasteiger partial charge in [0.2, 0.25) is 0 Å². The Balaban J connectivity index is 2.27. The fraction of sp³-hybridized carbons (Fsp3) is 0.556. The van der Waals surface area contributed by atoms with Gasteiger partial charge in [-0.15, -0.1) is 0 Å². The molecule has 0 aromatic heterocycles. The largest absolute Gasteiger partial charge is 0.508 e. The second kappa shape index (κ2) is 9.66. The number of allylic oxidation sites excluding steroid dienone is 2. The van der Waals surface area contributed by atoms with Gasteiger partial charge in [-0.3, -0.25) is 0 Å². The quantitative estimate of drug-likeness (QED) is 0.545. The lowest BCUT2D eigenvalue weighted by Crippen LogP contribution is -1.86. The van der Waals surface area contributed by atoms with Crippen LogP contribution < -0.4 is 0 Å². The number of phenolic OH excluding ortho intramolecular Hbond substituents is 1. The summed E-state index contributed by atoms with van der Waals surface area (Å²) in [5.41, 5.74) is 2.51. The second-order valence-corrected chi connectivity index (χ2v) is 5.24. The van der Waals surface area contributed by atoms with Crippen molar-refractivity contribution in [1.82, 2.24) is 0 Å². The first-order chi connectivity index (χ1) is 9.27. The number of aromatic hydroxyl groups is 1. The van der Waals surface area contributed by atoms with Gasteiger partial charge in [-0.1, -0.05) is 63.7 Å². The minimum Gasteiger partial charge on any atom is -0.508 e. The lowest BCUT2D eigenvalue weighted by molar-refractivity contribution is 0.475. The van der Waals surface area contributed by atoms with Crippen molar-refractivity contribution < 1.29 is 5.11 Å². The molecule has 0 heterocycles. The number of phenols is 1. The summed E-state index contributed by atoms with van der Waals surface area (Å²) in [7, 11) is 0. The maximum absolute atomic E-state index is 9.52. The summed E-state index contributed by atoms with van der Waals surface area (Å²) in [6.45, 7) is 4.34. The van der Waals surface area contributed by atoms with E-state index in [-0.39, 0.29) is 0 Å². The molecule has 1 N–H and O–H groups in total. The molecule has 0 atom stereocenters. The van der Waals surface area contributed by atoms with Crippen LogP contribution in [0.1, 0.15) is 70.8 Å². The van der Waals surface area contributed by atoms with E-state index in [1.807, 2.05) is 12.1 Å². The number of rotatable bonds is 9. The molecule has 0 saturated carbocycles. The van der Waals surface area contributed by atoms with Gasteiger partial charge in [0.05, 0.1) is 0 Å². The third kappa shape index (κ3) is 6.47. The van der Waals surface area contributed by atoms with E-state index in [2.05, 4.69) is 26.0 Å². The predicted octanol–water partition coefficient (Wildman–Crippen LogP) is 5.94. The third-order valence-electron chi connectivity index (χ3n) is 3.62. The van der Waals surface area contributed by atoms with Gasteiger partial charge in [0.1, 0.15) is 5.75 Å². The number of hydrogen-bond acceptors (Lipinski definition) is 1. The maximum Gasteiger partial charge on any atom is 0.116 e. The van der Waals surface area contributed by atoms with Crippen LogP contribution in [0.15, 0.2) is 30.3 Å². The Morgan fingerprint density at radius 1 is 1.05 bits per heavy atom. The van der Waals surface area contributed by atoms with Gasteiger partial charge in [-0.05, 0) is 43.0 Å². The van der Waals surface area contributed by atoms with Crippen LogP contribution in [0, 0.1) is 0 Å². The fourth-order valence-electron chi connectivity index (χ4n) is 2.43. The molecule has 0 aliphatic rings. The van der Waals surface area contributed by atoms with E-state index in [0.29, 0.717) is 5.75 Å². The molecule has 0 aliphatic heterocycles. The highest BCUT2D eigenvalue weighted by Crippen LogP contribution is 2.24. The van der Waals surface area contributed by atoms with Gasteiger partial charge in [0, 0.05) is 0 Å². The lowest BCUT2D eigenvalue weighted by Gasteiger charge is -2.08. The Kier molecular flexibility index (Phi) is 8.04. The monoisotopic (exact) mass is 260 g/mol. The van der Waals surface area contributed by atoms with E-state index in [1.165, 1.54) is 50.5 Å². The molecular weight excluding hydrogens is 232 g/mol. The van der Waals surface area contributed by atoms with Crippen molar-refractivity contribution in [2.24, 2.45) is 0 Å². The highest BCUT2D eigenvalue weighted by molar-refractivity contribution is 5.66. The standard InChI is InChI=1S/C18H28O/c1-3-5-6-7-8-9-10-12-16(4-2)17-13-11-14-18(19)15-17/h4,11,13-15,19H,3,5-10,12H2,1-2H3/b16-4+. The molecule has 0 bridgehead atoms. The van der Waals surface area contributed by atoms with Crippen LogP contribution in [0.4, 0.5) is 0 Å². The van der Waals surface area contributed by atoms with E-state index >= 15 is 0 Å². The average Bonchev–Trinajstić information content (AvgIpc) is 2.42. The number of unbranched alkanes of at least 4 members (excludes halogenated alkanes) is 6. The molecule has 1 aromatic rings. The van der Waals surface area contributed by atoms with Crippen molar-refractivity contribution >= 4 is 5.57 Å². The Morgan fingerprint density at radius 2 is 1.74 bits per heavy atom. The normalized spacial score (nSPS) is 11.8. The van der Waals surface area contributed by atoms with Crippen molar-refractivity contribution in [2.75, 3.05) is 0 Å². The van der Waals surface area contributed by atoms with Crippen LogP contribution in [0.2, 0.25) is 0 Å². The Hall–Kier alpha value is -1.24. The van der Waals surface area contributed by atoms with Crippen molar-refractivity contribution in [3.05, 3.63) is 35.9 Å². The lowest BCUT2D eigenvalue weighted by atomic mass is 9.98. The topological polar surface area (TPSA) is 20.2 Å². The zero-order valence-corrected chi connectivity index (χ0v) is 12.5. The molecule has 1 aromatic carbocycles. The zero-order valence-electron chi connectivity index (χ0n) is 12.5. The van der Waals surface area contributed by atoms with E-state index in [9.17, 15) is 5.11 Å². The Bertz CT molecular complexity index is 379. The van der Waals surface area contributed by atoms with Crippen molar-refractivity contribution in [3.63, 3.8) is 0 Å². The summed E-state index contributed by atoms with van der Waals surface area (Å²) < 4.78 is 0. The summed E-state index contributed by atoms with van der Waals surface area (Å²) >= 11 is 0. The van der Waals surface area contributed by atoms with Gasteiger partial charge in [0.25, 0.3) is 0 Å². The first-order valence-corrected chi connectivity index (χ1v) is 7.72. The average molecular weight is 260 g/mol. The van der Waals surface area contributed by atoms with E-state index in [1.54, 1.807) is 6.07 Å². The molecule has 1 nitrogen and oxygen atoms in total. The van der Waals surface area contributed by atoms with E-state index < -0.39 is 0 Å². The van der Waals surface area contributed by atoms with Gasteiger partial charge in [-0.25, -0.2) is 0 Å². The molecule has 0 unspecified atom stereocenters. The molecule has 0 aliphatic carbocycles. The van der Waals surface area contributed by atoms with Crippen LogP contribution in [-0.4, -0.2) is 5.11 Å². The van der Waals surface area contributed by atoms with Gasteiger partial charge < -0.3 is 5.11 Å². The minimum atomic E-state index is 0.358. The molecule has 0 fully saturated rings. The summed E-state index contributed by atoms with van der Waals surface area (Å²) in [6, 6.07) is 7.58. The van der Waals surface area contributed by atoms with Crippen molar-refractivity contribution in [2.45, 2.75) is 65.2 Å². The Labute approximate surface area is 118 Å². The van der Waals surface area contributed by atoms with Gasteiger partial charge in [-0.2, -0.15) is 0 Å². The highest BCUT2D eigenvalue weighted by atomic mass is 16.3. The van der Waals surface area contributed by atoms with E-state index in [0.717, 1.165) is 12.0 Å². The van der Waals surface area contributed by atoms with Crippen molar-refractivity contribution in [1.29, 1.82) is 0 Å². The third-order valence-corrected chi connectivity index (χ3v) is 3.62. The summed E-state index contributed by atoms with van der Waals surface area (Å²) in [4.78, 5) is 0. The molecule has 106 valence electrons. The summed E-state index contributed by atoms with van der Waals surface area (Å²) in [5, 5.41) is 9.52. The van der Waals surface area contributed by atoms with Crippen molar-refractivity contribution in [3.8, 4) is 5.75 Å². The smallest absolute Gasteiger partial charge is 0.116 e. The van der Waals surface area contributed by atoms with Crippen LogP contribution in [-0.2, 0) is 0 Å². The zero-order chi connectivity index (χ0) is 13.9. The molecule has 1 rings (SSSR count). The van der Waals surface area contributed by atoms with Crippen LogP contribution in [0.25, 0.3) is 5.57 Å². The van der Waals surface area contributed by atoms with Crippen LogP contribution >= 0.6 is 0 Å². The highest BCUT2D eigenvalue weighted by Gasteiger charge is 2.01. The van der Waals surface area contributed by atoms with Crippen LogP contribution in [0.3, 0.4) is 0 Å². The van der Waals surface area contributed by atoms with Gasteiger partial charge >= 0.3 is 0 Å². The first kappa shape index (κ1) is 15.8. The molecule has 1 heteroatoms. The summed E-state index contributed by atoms with van der Waals surface area (Å²) in [5.74, 6) is 0.358. The molecule has 0 amide bonds. The molecule has 19 heavy (non-hydrogen) atoms. The SMILES string of the molecule is C/C=C(\CCCCCCCCC)c1cccc(O)c1. The first-order valence-electron chi connectivity index (χ1n) is 7.72. The summed E-state index contributed by atoms with van der Waals surface area (Å²) in [6.07, 6.45) is 12.7. The maximum atomic E-state index is 9.52. The second-order valence-electron chi connectivity index (χ2n) is 5.24. The molecule has 0 radical (unpaired) electrons. The molecular formula is C18H28O. The predicted molar refractivity (Wildman–Crippen MR) is 84.4 cm³/mol. The molecule has 0 spiro atoms. The minimum absolute atomic E-state index is 0.358. The number of benzene rings is 1. The van der Waals surface area contributed by atoms with Crippen LogP contribution in [0.5, 0.6) is 5.75 Å². The number of hydrogen-bond donors (Lipinski definition) is 1. The van der Waals surface area contributed by atoms with E-state index in [4.69, 9.17) is 0 Å². The molecule has 0 saturated heterocycles. The Morgan fingerprint density at radius 3 is 2.37 bits per heavy atom. The van der Waals surface area contributed by atoms with Gasteiger partial charge in [0.15, 0.2) is 0 Å².